The Balaban J connectivity index is 2.55. The van der Waals surface area contributed by atoms with Crippen molar-refractivity contribution in [3.05, 3.63) is 34.5 Å². The largest absolute Gasteiger partial charge is 0.326 e. The first-order chi connectivity index (χ1) is 8.97. The number of hydrogen-bond donors (Lipinski definition) is 1. The lowest BCUT2D eigenvalue weighted by atomic mass is 9.91. The molecule has 0 aromatic carbocycles. The topological polar surface area (TPSA) is 51.8 Å². The molecule has 2 N–H and O–H groups in total. The van der Waals surface area contributed by atoms with E-state index in [1.54, 1.807) is 11.3 Å². The first-order valence-corrected chi connectivity index (χ1v) is 7.43. The SMILES string of the molecule is CCc1cccnc1-c1nc(C(C)(C)C)c(CN)s1. The average Bonchev–Trinajstić information content (AvgIpc) is 2.82. The van der Waals surface area contributed by atoms with Crippen LogP contribution in [0.3, 0.4) is 0 Å². The van der Waals surface area contributed by atoms with Crippen LogP contribution in [-0.4, -0.2) is 9.97 Å². The van der Waals surface area contributed by atoms with Gasteiger partial charge in [-0.2, -0.15) is 0 Å². The third-order valence-corrected chi connectivity index (χ3v) is 4.15. The van der Waals surface area contributed by atoms with E-state index in [-0.39, 0.29) is 5.41 Å². The molecule has 0 atom stereocenters. The van der Waals surface area contributed by atoms with Gasteiger partial charge in [-0.3, -0.25) is 4.98 Å². The van der Waals surface area contributed by atoms with Crippen LogP contribution in [-0.2, 0) is 18.4 Å². The Bertz CT molecular complexity index is 567. The number of aryl methyl sites for hydroxylation is 1. The molecule has 0 amide bonds. The molecule has 0 saturated heterocycles. The summed E-state index contributed by atoms with van der Waals surface area (Å²) in [5.41, 5.74) is 9.21. The highest BCUT2D eigenvalue weighted by Crippen LogP contribution is 2.34. The summed E-state index contributed by atoms with van der Waals surface area (Å²) in [6.07, 6.45) is 2.79. The number of thiazole rings is 1. The van der Waals surface area contributed by atoms with Gasteiger partial charge in [0.05, 0.1) is 5.69 Å². The molecule has 19 heavy (non-hydrogen) atoms. The number of hydrogen-bond acceptors (Lipinski definition) is 4. The van der Waals surface area contributed by atoms with Gasteiger partial charge < -0.3 is 5.73 Å². The summed E-state index contributed by atoms with van der Waals surface area (Å²) in [5.74, 6) is 0. The van der Waals surface area contributed by atoms with Crippen molar-refractivity contribution in [1.29, 1.82) is 0 Å². The van der Waals surface area contributed by atoms with E-state index in [1.165, 1.54) is 5.56 Å². The lowest BCUT2D eigenvalue weighted by Crippen LogP contribution is -2.15. The first-order valence-electron chi connectivity index (χ1n) is 6.62. The van der Waals surface area contributed by atoms with E-state index in [1.807, 2.05) is 12.3 Å². The van der Waals surface area contributed by atoms with Crippen LogP contribution in [0.5, 0.6) is 0 Å². The second-order valence-electron chi connectivity index (χ2n) is 5.61. The van der Waals surface area contributed by atoms with Crippen LogP contribution in [0.2, 0.25) is 0 Å². The molecule has 0 unspecified atom stereocenters. The number of aromatic nitrogens is 2. The fourth-order valence-electron chi connectivity index (χ4n) is 2.09. The van der Waals surface area contributed by atoms with Gasteiger partial charge in [-0.15, -0.1) is 11.3 Å². The van der Waals surface area contributed by atoms with Crippen LogP contribution in [0.25, 0.3) is 10.7 Å². The molecule has 102 valence electrons. The van der Waals surface area contributed by atoms with Gasteiger partial charge >= 0.3 is 0 Å². The minimum absolute atomic E-state index is 0.0185. The van der Waals surface area contributed by atoms with Crippen molar-refractivity contribution < 1.29 is 0 Å². The molecule has 0 radical (unpaired) electrons. The highest BCUT2D eigenvalue weighted by molar-refractivity contribution is 7.15. The van der Waals surface area contributed by atoms with E-state index in [0.717, 1.165) is 27.7 Å². The van der Waals surface area contributed by atoms with E-state index in [2.05, 4.69) is 38.7 Å². The molecule has 0 saturated carbocycles. The van der Waals surface area contributed by atoms with Crippen LogP contribution < -0.4 is 5.73 Å². The minimum atomic E-state index is 0.0185. The molecule has 2 rings (SSSR count). The molecule has 2 aromatic rings. The summed E-state index contributed by atoms with van der Waals surface area (Å²) < 4.78 is 0. The predicted molar refractivity (Wildman–Crippen MR) is 81.3 cm³/mol. The van der Waals surface area contributed by atoms with Gasteiger partial charge in [-0.05, 0) is 18.1 Å². The maximum atomic E-state index is 5.86. The standard InChI is InChI=1S/C15H21N3S/c1-5-10-7-6-8-17-12(10)14-18-13(15(2,3)4)11(9-16)19-14/h6-8H,5,9,16H2,1-4H3. The van der Waals surface area contributed by atoms with E-state index < -0.39 is 0 Å². The Morgan fingerprint density at radius 2 is 2.05 bits per heavy atom. The van der Waals surface area contributed by atoms with Gasteiger partial charge in [0.2, 0.25) is 0 Å². The molecular weight excluding hydrogens is 254 g/mol. The highest BCUT2D eigenvalue weighted by atomic mass is 32.1. The summed E-state index contributed by atoms with van der Waals surface area (Å²) >= 11 is 1.67. The zero-order valence-corrected chi connectivity index (χ0v) is 12.8. The van der Waals surface area contributed by atoms with Crippen LogP contribution in [0.1, 0.15) is 43.8 Å². The van der Waals surface area contributed by atoms with Gasteiger partial charge in [0.25, 0.3) is 0 Å². The summed E-state index contributed by atoms with van der Waals surface area (Å²) in [7, 11) is 0. The molecule has 0 aliphatic heterocycles. The third-order valence-electron chi connectivity index (χ3n) is 3.07. The minimum Gasteiger partial charge on any atom is -0.326 e. The molecule has 0 spiro atoms. The quantitative estimate of drug-likeness (QED) is 0.932. The van der Waals surface area contributed by atoms with Crippen molar-refractivity contribution in [2.24, 2.45) is 5.73 Å². The zero-order chi connectivity index (χ0) is 14.0. The summed E-state index contributed by atoms with van der Waals surface area (Å²) in [6.45, 7) is 9.19. The van der Waals surface area contributed by atoms with Crippen LogP contribution in [0.4, 0.5) is 0 Å². The van der Waals surface area contributed by atoms with Crippen molar-refractivity contribution in [1.82, 2.24) is 9.97 Å². The lowest BCUT2D eigenvalue weighted by Gasteiger charge is -2.16. The maximum absolute atomic E-state index is 5.86. The predicted octanol–water partition coefficient (Wildman–Crippen LogP) is 3.52. The van der Waals surface area contributed by atoms with Gasteiger partial charge in [0, 0.05) is 23.0 Å². The smallest absolute Gasteiger partial charge is 0.142 e. The van der Waals surface area contributed by atoms with Crippen LogP contribution in [0.15, 0.2) is 18.3 Å². The Kier molecular flexibility index (Phi) is 4.02. The number of nitrogens with zero attached hydrogens (tertiary/aromatic N) is 2. The number of pyridine rings is 1. The molecule has 4 heteroatoms. The molecular formula is C15H21N3S. The lowest BCUT2D eigenvalue weighted by molar-refractivity contribution is 0.567. The van der Waals surface area contributed by atoms with Crippen LogP contribution in [0, 0.1) is 0 Å². The average molecular weight is 275 g/mol. The second kappa shape index (κ2) is 5.39. The van der Waals surface area contributed by atoms with E-state index in [0.29, 0.717) is 6.54 Å². The third kappa shape index (κ3) is 2.85. The van der Waals surface area contributed by atoms with Gasteiger partial charge in [0.15, 0.2) is 0 Å². The second-order valence-corrected chi connectivity index (χ2v) is 6.69. The van der Waals surface area contributed by atoms with Gasteiger partial charge in [-0.1, -0.05) is 33.8 Å². The summed E-state index contributed by atoms with van der Waals surface area (Å²) in [6, 6.07) is 4.09. The van der Waals surface area contributed by atoms with E-state index in [4.69, 9.17) is 10.7 Å². The Morgan fingerprint density at radius 3 is 2.58 bits per heavy atom. The normalized spacial score (nSPS) is 11.8. The summed E-state index contributed by atoms with van der Waals surface area (Å²) in [5, 5.41) is 0.989. The van der Waals surface area contributed by atoms with Crippen LogP contribution >= 0.6 is 11.3 Å². The zero-order valence-electron chi connectivity index (χ0n) is 12.0. The van der Waals surface area contributed by atoms with Crippen molar-refractivity contribution in [2.75, 3.05) is 0 Å². The molecule has 0 fully saturated rings. The van der Waals surface area contributed by atoms with Crippen molar-refractivity contribution >= 4 is 11.3 Å². The van der Waals surface area contributed by atoms with E-state index >= 15 is 0 Å². The van der Waals surface area contributed by atoms with E-state index in [9.17, 15) is 0 Å². The fraction of sp³-hybridized carbons (Fsp3) is 0.467. The Labute approximate surface area is 118 Å². The Morgan fingerprint density at radius 1 is 1.32 bits per heavy atom. The molecule has 2 heterocycles. The fourth-order valence-corrected chi connectivity index (χ4v) is 3.28. The van der Waals surface area contributed by atoms with Crippen molar-refractivity contribution in [2.45, 2.75) is 46.1 Å². The molecule has 3 nitrogen and oxygen atoms in total. The van der Waals surface area contributed by atoms with Gasteiger partial charge in [0.1, 0.15) is 10.7 Å². The van der Waals surface area contributed by atoms with Gasteiger partial charge in [-0.25, -0.2) is 4.98 Å². The van der Waals surface area contributed by atoms with Crippen molar-refractivity contribution in [3.63, 3.8) is 0 Å². The maximum Gasteiger partial charge on any atom is 0.142 e. The molecule has 0 aliphatic carbocycles. The molecule has 0 bridgehead atoms. The molecule has 2 aromatic heterocycles. The highest BCUT2D eigenvalue weighted by Gasteiger charge is 2.23. The molecule has 0 aliphatic rings. The first kappa shape index (κ1) is 14.2. The summed E-state index contributed by atoms with van der Waals surface area (Å²) in [4.78, 5) is 10.5. The van der Waals surface area contributed by atoms with Crippen molar-refractivity contribution in [3.8, 4) is 10.7 Å². The monoisotopic (exact) mass is 275 g/mol. The Hall–Kier alpha value is -1.26. The number of rotatable bonds is 3. The number of nitrogens with two attached hydrogens (primary N) is 1.